The fourth-order valence-electron chi connectivity index (χ4n) is 2.46. The summed E-state index contributed by atoms with van der Waals surface area (Å²) in [5.74, 6) is 0. The van der Waals surface area contributed by atoms with Crippen LogP contribution in [0.2, 0.25) is 0 Å². The lowest BCUT2D eigenvalue weighted by Gasteiger charge is -2.21. The lowest BCUT2D eigenvalue weighted by atomic mass is 10.0. The molecule has 1 atom stereocenters. The number of nitrogens with one attached hydrogen (secondary N) is 1. The van der Waals surface area contributed by atoms with Crippen molar-refractivity contribution < 1.29 is 0 Å². The maximum atomic E-state index is 3.69. The molecule has 100 valence electrons. The largest absolute Gasteiger partial charge is 0.378 e. The fraction of sp³-hybridized carbons (Fsp3) is 0.333. The van der Waals surface area contributed by atoms with Crippen LogP contribution in [0.3, 0.4) is 0 Å². The van der Waals surface area contributed by atoms with Gasteiger partial charge in [-0.3, -0.25) is 0 Å². The summed E-state index contributed by atoms with van der Waals surface area (Å²) in [6.07, 6.45) is 2.33. The molecule has 0 aliphatic heterocycles. The topological polar surface area (TPSA) is 12.0 Å². The van der Waals surface area contributed by atoms with Crippen molar-refractivity contribution in [2.24, 2.45) is 0 Å². The van der Waals surface area contributed by atoms with Gasteiger partial charge in [0.05, 0.1) is 6.04 Å². The molecule has 1 unspecified atom stereocenters. The van der Waals surface area contributed by atoms with Crippen LogP contribution in [0.15, 0.2) is 48.5 Å². The van der Waals surface area contributed by atoms with Gasteiger partial charge < -0.3 is 5.32 Å². The number of anilines is 1. The molecule has 0 radical (unpaired) electrons. The number of aryl methyl sites for hydroxylation is 2. The van der Waals surface area contributed by atoms with Crippen LogP contribution in [0, 0.1) is 13.8 Å². The van der Waals surface area contributed by atoms with Crippen molar-refractivity contribution in [3.63, 3.8) is 0 Å². The highest BCUT2D eigenvalue weighted by molar-refractivity contribution is 5.53. The van der Waals surface area contributed by atoms with Gasteiger partial charge in [0, 0.05) is 5.69 Å². The Bertz CT molecular complexity index is 516. The molecule has 0 spiro atoms. The van der Waals surface area contributed by atoms with Crippen LogP contribution in [0.25, 0.3) is 0 Å². The minimum Gasteiger partial charge on any atom is -0.378 e. The van der Waals surface area contributed by atoms with Crippen molar-refractivity contribution in [3.8, 4) is 0 Å². The highest BCUT2D eigenvalue weighted by Crippen LogP contribution is 2.26. The van der Waals surface area contributed by atoms with Crippen LogP contribution in [-0.4, -0.2) is 0 Å². The Kier molecular flexibility index (Phi) is 4.62. The molecule has 0 aromatic heterocycles. The third kappa shape index (κ3) is 3.60. The summed E-state index contributed by atoms with van der Waals surface area (Å²) < 4.78 is 0. The molecule has 2 rings (SSSR count). The van der Waals surface area contributed by atoms with Crippen LogP contribution in [0.1, 0.15) is 42.5 Å². The molecule has 0 aliphatic rings. The summed E-state index contributed by atoms with van der Waals surface area (Å²) in [7, 11) is 0. The molecular formula is C18H23N. The zero-order valence-electron chi connectivity index (χ0n) is 12.1. The maximum absolute atomic E-state index is 3.69. The van der Waals surface area contributed by atoms with E-state index in [9.17, 15) is 0 Å². The zero-order chi connectivity index (χ0) is 13.7. The molecule has 1 heteroatoms. The van der Waals surface area contributed by atoms with Gasteiger partial charge in [-0.05, 0) is 37.5 Å². The van der Waals surface area contributed by atoms with E-state index in [0.717, 1.165) is 6.42 Å². The summed E-state index contributed by atoms with van der Waals surface area (Å²) in [5.41, 5.74) is 5.24. The van der Waals surface area contributed by atoms with Gasteiger partial charge in [-0.1, -0.05) is 61.4 Å². The van der Waals surface area contributed by atoms with Gasteiger partial charge in [0.25, 0.3) is 0 Å². The Balaban J connectivity index is 2.21. The van der Waals surface area contributed by atoms with Gasteiger partial charge in [0.1, 0.15) is 0 Å². The molecule has 2 aromatic carbocycles. The van der Waals surface area contributed by atoms with Gasteiger partial charge in [0.15, 0.2) is 0 Å². The van der Waals surface area contributed by atoms with Gasteiger partial charge >= 0.3 is 0 Å². The Morgan fingerprint density at radius 1 is 1.00 bits per heavy atom. The van der Waals surface area contributed by atoms with E-state index < -0.39 is 0 Å². The van der Waals surface area contributed by atoms with Gasteiger partial charge in [-0.15, -0.1) is 0 Å². The first-order chi connectivity index (χ1) is 9.20. The second-order valence-electron chi connectivity index (χ2n) is 5.21. The Morgan fingerprint density at radius 3 is 2.37 bits per heavy atom. The second kappa shape index (κ2) is 6.42. The lowest BCUT2D eigenvalue weighted by molar-refractivity contribution is 0.677. The third-order valence-electron chi connectivity index (χ3n) is 3.49. The normalized spacial score (nSPS) is 12.2. The van der Waals surface area contributed by atoms with Crippen molar-refractivity contribution in [1.82, 2.24) is 0 Å². The molecule has 0 saturated carbocycles. The molecular weight excluding hydrogens is 230 g/mol. The van der Waals surface area contributed by atoms with E-state index in [1.54, 1.807) is 0 Å². The van der Waals surface area contributed by atoms with Crippen molar-refractivity contribution in [3.05, 3.63) is 65.2 Å². The average molecular weight is 253 g/mol. The molecule has 0 bridgehead atoms. The van der Waals surface area contributed by atoms with E-state index >= 15 is 0 Å². The monoisotopic (exact) mass is 253 g/mol. The van der Waals surface area contributed by atoms with E-state index in [0.29, 0.717) is 6.04 Å². The van der Waals surface area contributed by atoms with Gasteiger partial charge in [-0.25, -0.2) is 0 Å². The van der Waals surface area contributed by atoms with E-state index in [1.165, 1.54) is 28.8 Å². The number of hydrogen-bond acceptors (Lipinski definition) is 1. The molecule has 0 heterocycles. The van der Waals surface area contributed by atoms with Crippen LogP contribution in [0.5, 0.6) is 0 Å². The smallest absolute Gasteiger partial charge is 0.0513 e. The van der Waals surface area contributed by atoms with Crippen LogP contribution >= 0.6 is 0 Å². The minimum absolute atomic E-state index is 0.396. The minimum atomic E-state index is 0.396. The first kappa shape index (κ1) is 13.7. The maximum Gasteiger partial charge on any atom is 0.0513 e. The summed E-state index contributed by atoms with van der Waals surface area (Å²) in [6.45, 7) is 6.54. The van der Waals surface area contributed by atoms with Crippen molar-refractivity contribution in [2.45, 2.75) is 39.7 Å². The van der Waals surface area contributed by atoms with E-state index in [1.807, 2.05) is 0 Å². The highest BCUT2D eigenvalue weighted by Gasteiger charge is 2.11. The Morgan fingerprint density at radius 2 is 1.74 bits per heavy atom. The first-order valence-electron chi connectivity index (χ1n) is 7.09. The predicted octanol–water partition coefficient (Wildman–Crippen LogP) is 5.26. The zero-order valence-corrected chi connectivity index (χ0v) is 12.1. The molecule has 0 saturated heterocycles. The quantitative estimate of drug-likeness (QED) is 0.766. The molecule has 0 fully saturated rings. The summed E-state index contributed by atoms with van der Waals surface area (Å²) in [4.78, 5) is 0. The van der Waals surface area contributed by atoms with Gasteiger partial charge in [0.2, 0.25) is 0 Å². The Labute approximate surface area is 116 Å². The Hall–Kier alpha value is -1.76. The first-order valence-corrected chi connectivity index (χ1v) is 7.09. The van der Waals surface area contributed by atoms with E-state index in [-0.39, 0.29) is 0 Å². The lowest BCUT2D eigenvalue weighted by Crippen LogP contribution is -2.11. The van der Waals surface area contributed by atoms with E-state index in [4.69, 9.17) is 0 Å². The standard InChI is InChI=1S/C18H23N/c1-4-8-18(16-9-6-5-7-10-16)19-17-12-11-14(2)13-15(17)3/h5-7,9-13,18-19H,4,8H2,1-3H3. The van der Waals surface area contributed by atoms with Crippen molar-refractivity contribution in [1.29, 1.82) is 0 Å². The third-order valence-corrected chi connectivity index (χ3v) is 3.49. The number of hydrogen-bond donors (Lipinski definition) is 1. The molecule has 0 amide bonds. The highest BCUT2D eigenvalue weighted by atomic mass is 14.9. The van der Waals surface area contributed by atoms with Crippen LogP contribution < -0.4 is 5.32 Å². The number of rotatable bonds is 5. The van der Waals surface area contributed by atoms with Crippen LogP contribution in [0.4, 0.5) is 5.69 Å². The summed E-state index contributed by atoms with van der Waals surface area (Å²) in [6, 6.07) is 17.7. The summed E-state index contributed by atoms with van der Waals surface area (Å²) in [5, 5.41) is 3.69. The number of benzene rings is 2. The van der Waals surface area contributed by atoms with Gasteiger partial charge in [-0.2, -0.15) is 0 Å². The molecule has 2 aromatic rings. The van der Waals surface area contributed by atoms with Crippen molar-refractivity contribution in [2.75, 3.05) is 5.32 Å². The molecule has 0 aliphatic carbocycles. The molecule has 1 N–H and O–H groups in total. The fourth-order valence-corrected chi connectivity index (χ4v) is 2.46. The second-order valence-corrected chi connectivity index (χ2v) is 5.21. The van der Waals surface area contributed by atoms with Crippen LogP contribution in [-0.2, 0) is 0 Å². The average Bonchev–Trinajstić information content (AvgIpc) is 2.42. The molecule has 1 nitrogen and oxygen atoms in total. The van der Waals surface area contributed by atoms with Crippen molar-refractivity contribution >= 4 is 5.69 Å². The summed E-state index contributed by atoms with van der Waals surface area (Å²) >= 11 is 0. The molecule has 19 heavy (non-hydrogen) atoms. The van der Waals surface area contributed by atoms with E-state index in [2.05, 4.69) is 74.6 Å². The SMILES string of the molecule is CCCC(Nc1ccc(C)cc1C)c1ccccc1. The predicted molar refractivity (Wildman–Crippen MR) is 83.6 cm³/mol.